The zero-order chi connectivity index (χ0) is 20.4. The van der Waals surface area contributed by atoms with Crippen LogP contribution in [0.3, 0.4) is 0 Å². The van der Waals surface area contributed by atoms with Gasteiger partial charge in [0.2, 0.25) is 5.89 Å². The van der Waals surface area contributed by atoms with Crippen molar-refractivity contribution in [2.24, 2.45) is 0 Å². The molecule has 1 aromatic carbocycles. The third kappa shape index (κ3) is 4.42. The summed E-state index contributed by atoms with van der Waals surface area (Å²) in [6.07, 6.45) is -5.13. The number of carbonyl (C=O) groups is 2. The third-order valence-electron chi connectivity index (χ3n) is 3.04. The summed E-state index contributed by atoms with van der Waals surface area (Å²) in [5, 5.41) is 3.18. The summed E-state index contributed by atoms with van der Waals surface area (Å²) in [7, 11) is -5.15. The first-order valence-electron chi connectivity index (χ1n) is 7.22. The van der Waals surface area contributed by atoms with Gasteiger partial charge in [0.25, 0.3) is 15.8 Å². The fraction of sp³-hybridized carbons (Fsp3) is 0.286. The number of rotatable bonds is 5. The van der Waals surface area contributed by atoms with Crippen molar-refractivity contribution in [1.29, 1.82) is 0 Å². The Hall–Kier alpha value is -2.96. The van der Waals surface area contributed by atoms with Crippen LogP contribution in [-0.4, -0.2) is 37.0 Å². The second-order valence-corrected chi connectivity index (χ2v) is 6.59. The quantitative estimate of drug-likeness (QED) is 0.742. The number of carbonyl (C=O) groups excluding carboxylic acids is 2. The van der Waals surface area contributed by atoms with E-state index in [0.29, 0.717) is 6.07 Å². The molecule has 9 nitrogen and oxygen atoms in total. The standard InChI is InChI=1S/C14H12F3N3O6S/c1-3-25-13(22)8-5-4-6-9(14(15,16)17)10(8)27(23,24)20-12(21)11-18-7(2)26-19-11/h4-6H,3H2,1-2H3,(H,20,21). The Bertz CT molecular complexity index is 984. The number of sulfonamides is 1. The summed E-state index contributed by atoms with van der Waals surface area (Å²) in [4.78, 5) is 25.9. The highest BCUT2D eigenvalue weighted by Crippen LogP contribution is 2.36. The number of benzene rings is 1. The molecular weight excluding hydrogens is 395 g/mol. The average molecular weight is 407 g/mol. The van der Waals surface area contributed by atoms with Crippen molar-refractivity contribution in [2.45, 2.75) is 24.9 Å². The molecule has 0 unspecified atom stereocenters. The number of nitrogens with one attached hydrogen (secondary N) is 1. The molecule has 0 saturated heterocycles. The predicted molar refractivity (Wildman–Crippen MR) is 81.1 cm³/mol. The van der Waals surface area contributed by atoms with Gasteiger partial charge in [-0.25, -0.2) is 17.9 Å². The van der Waals surface area contributed by atoms with Crippen molar-refractivity contribution in [3.8, 4) is 0 Å². The molecule has 2 aromatic rings. The fourth-order valence-electron chi connectivity index (χ4n) is 2.03. The van der Waals surface area contributed by atoms with Crippen LogP contribution >= 0.6 is 0 Å². The number of aromatic nitrogens is 2. The number of hydrogen-bond acceptors (Lipinski definition) is 8. The van der Waals surface area contributed by atoms with E-state index in [4.69, 9.17) is 0 Å². The lowest BCUT2D eigenvalue weighted by Crippen LogP contribution is -2.34. The molecule has 146 valence electrons. The van der Waals surface area contributed by atoms with Crippen molar-refractivity contribution in [3.63, 3.8) is 0 Å². The van der Waals surface area contributed by atoms with Gasteiger partial charge in [-0.1, -0.05) is 11.2 Å². The molecule has 1 aromatic heterocycles. The Morgan fingerprint density at radius 2 is 1.96 bits per heavy atom. The third-order valence-corrected chi connectivity index (χ3v) is 4.47. The lowest BCUT2D eigenvalue weighted by Gasteiger charge is -2.16. The van der Waals surface area contributed by atoms with E-state index in [2.05, 4.69) is 19.4 Å². The molecular formula is C14H12F3N3O6S. The molecule has 0 aliphatic carbocycles. The first-order chi connectivity index (χ1) is 12.5. The summed E-state index contributed by atoms with van der Waals surface area (Å²) in [5.41, 5.74) is -2.52. The molecule has 1 N–H and O–H groups in total. The van der Waals surface area contributed by atoms with Crippen LogP contribution in [0.5, 0.6) is 0 Å². The minimum absolute atomic E-state index is 0.0690. The number of amides is 1. The van der Waals surface area contributed by atoms with Gasteiger partial charge in [-0.3, -0.25) is 4.79 Å². The Morgan fingerprint density at radius 3 is 2.48 bits per heavy atom. The van der Waals surface area contributed by atoms with Gasteiger partial charge in [0.05, 0.1) is 17.7 Å². The Kier molecular flexibility index (Phi) is 5.54. The van der Waals surface area contributed by atoms with Gasteiger partial charge in [-0.2, -0.15) is 18.2 Å². The van der Waals surface area contributed by atoms with Crippen LogP contribution in [0, 0.1) is 6.92 Å². The summed E-state index contributed by atoms with van der Waals surface area (Å²) >= 11 is 0. The number of halogens is 3. The van der Waals surface area contributed by atoms with E-state index in [0.717, 1.165) is 12.1 Å². The van der Waals surface area contributed by atoms with Gasteiger partial charge in [-0.15, -0.1) is 0 Å². The smallest absolute Gasteiger partial charge is 0.417 e. The highest BCUT2D eigenvalue weighted by molar-refractivity contribution is 7.90. The zero-order valence-electron chi connectivity index (χ0n) is 13.8. The number of hydrogen-bond donors (Lipinski definition) is 1. The summed E-state index contributed by atoms with van der Waals surface area (Å²) in [5.74, 6) is -3.51. The molecule has 2 rings (SSSR count). The average Bonchev–Trinajstić information content (AvgIpc) is 3.00. The SMILES string of the molecule is CCOC(=O)c1cccc(C(F)(F)F)c1S(=O)(=O)NC(=O)c1noc(C)n1. The molecule has 0 bridgehead atoms. The highest BCUT2D eigenvalue weighted by atomic mass is 32.2. The summed E-state index contributed by atoms with van der Waals surface area (Å²) in [6, 6.07) is 2.14. The first kappa shape index (κ1) is 20.4. The molecule has 0 saturated carbocycles. The van der Waals surface area contributed by atoms with Gasteiger partial charge < -0.3 is 9.26 Å². The minimum atomic E-state index is -5.15. The van der Waals surface area contributed by atoms with Crippen LogP contribution in [-0.2, 0) is 20.9 Å². The van der Waals surface area contributed by atoms with E-state index in [1.807, 2.05) is 0 Å². The van der Waals surface area contributed by atoms with Crippen LogP contribution in [0.4, 0.5) is 13.2 Å². The number of ether oxygens (including phenoxy) is 1. The number of nitrogens with zero attached hydrogens (tertiary/aromatic N) is 2. The van der Waals surface area contributed by atoms with Crippen molar-refractivity contribution < 1.29 is 40.4 Å². The monoisotopic (exact) mass is 407 g/mol. The summed E-state index contributed by atoms with van der Waals surface area (Å²) in [6.45, 7) is 2.50. The Labute approximate surface area is 150 Å². The minimum Gasteiger partial charge on any atom is -0.462 e. The molecule has 1 amide bonds. The Morgan fingerprint density at radius 1 is 1.30 bits per heavy atom. The van der Waals surface area contributed by atoms with Crippen LogP contribution < -0.4 is 4.72 Å². The highest BCUT2D eigenvalue weighted by Gasteiger charge is 2.41. The topological polar surface area (TPSA) is 128 Å². The second kappa shape index (κ2) is 7.34. The zero-order valence-corrected chi connectivity index (χ0v) is 14.6. The van der Waals surface area contributed by atoms with E-state index >= 15 is 0 Å². The lowest BCUT2D eigenvalue weighted by atomic mass is 10.1. The normalized spacial score (nSPS) is 11.9. The fourth-order valence-corrected chi connectivity index (χ4v) is 3.38. The molecule has 13 heteroatoms. The van der Waals surface area contributed by atoms with Gasteiger partial charge in [0.1, 0.15) is 4.90 Å². The van der Waals surface area contributed by atoms with Gasteiger partial charge >= 0.3 is 18.1 Å². The Balaban J connectivity index is 2.59. The van der Waals surface area contributed by atoms with Gasteiger partial charge in [-0.05, 0) is 19.1 Å². The number of esters is 1. The van der Waals surface area contributed by atoms with Gasteiger partial charge in [0, 0.05) is 6.92 Å². The van der Waals surface area contributed by atoms with Gasteiger partial charge in [0.15, 0.2) is 0 Å². The maximum Gasteiger partial charge on any atom is 0.417 e. The van der Waals surface area contributed by atoms with Crippen molar-refractivity contribution in [3.05, 3.63) is 41.0 Å². The van der Waals surface area contributed by atoms with E-state index in [1.165, 1.54) is 18.6 Å². The van der Waals surface area contributed by atoms with E-state index in [1.54, 1.807) is 0 Å². The lowest BCUT2D eigenvalue weighted by molar-refractivity contribution is -0.139. The van der Waals surface area contributed by atoms with E-state index < -0.39 is 49.9 Å². The molecule has 0 spiro atoms. The van der Waals surface area contributed by atoms with Crippen molar-refractivity contribution >= 4 is 21.9 Å². The van der Waals surface area contributed by atoms with Crippen LogP contribution in [0.2, 0.25) is 0 Å². The first-order valence-corrected chi connectivity index (χ1v) is 8.70. The molecule has 0 fully saturated rings. The molecule has 0 aliphatic heterocycles. The summed E-state index contributed by atoms with van der Waals surface area (Å²) < 4.78 is 75.4. The largest absolute Gasteiger partial charge is 0.462 e. The number of alkyl halides is 3. The maximum absolute atomic E-state index is 13.3. The second-order valence-electron chi connectivity index (χ2n) is 4.97. The van der Waals surface area contributed by atoms with Crippen molar-refractivity contribution in [1.82, 2.24) is 14.9 Å². The molecule has 0 aliphatic rings. The number of aryl methyl sites for hydroxylation is 1. The van der Waals surface area contributed by atoms with Crippen LogP contribution in [0.25, 0.3) is 0 Å². The maximum atomic E-state index is 13.3. The predicted octanol–water partition coefficient (Wildman–Crippen LogP) is 1.69. The van der Waals surface area contributed by atoms with Crippen molar-refractivity contribution in [2.75, 3.05) is 6.61 Å². The van der Waals surface area contributed by atoms with Crippen LogP contribution in [0.1, 0.15) is 39.4 Å². The van der Waals surface area contributed by atoms with E-state index in [-0.39, 0.29) is 12.5 Å². The molecule has 0 atom stereocenters. The molecule has 0 radical (unpaired) electrons. The molecule has 1 heterocycles. The van der Waals surface area contributed by atoms with E-state index in [9.17, 15) is 31.2 Å². The van der Waals surface area contributed by atoms with Crippen LogP contribution in [0.15, 0.2) is 27.6 Å². The molecule has 27 heavy (non-hydrogen) atoms.